The highest BCUT2D eigenvalue weighted by molar-refractivity contribution is 7.89. The maximum atomic E-state index is 13.0. The number of halogens is 1. The molecule has 2 aliphatic heterocycles. The lowest BCUT2D eigenvalue weighted by molar-refractivity contribution is -0.120. The zero-order valence-corrected chi connectivity index (χ0v) is 20.2. The van der Waals surface area contributed by atoms with Gasteiger partial charge in [0.05, 0.1) is 21.6 Å². The summed E-state index contributed by atoms with van der Waals surface area (Å²) in [6.07, 6.45) is 6.19. The predicted molar refractivity (Wildman–Crippen MR) is 128 cm³/mol. The van der Waals surface area contributed by atoms with Crippen LogP contribution in [-0.2, 0) is 14.8 Å². The summed E-state index contributed by atoms with van der Waals surface area (Å²) in [5, 5.41) is 3.14. The molecule has 0 bridgehead atoms. The summed E-state index contributed by atoms with van der Waals surface area (Å²) in [6.45, 7) is 5.67. The highest BCUT2D eigenvalue weighted by Gasteiger charge is 2.29. The molecule has 0 saturated carbocycles. The van der Waals surface area contributed by atoms with Crippen LogP contribution in [0.4, 0.5) is 11.6 Å². The van der Waals surface area contributed by atoms with Crippen molar-refractivity contribution in [1.29, 1.82) is 0 Å². The van der Waals surface area contributed by atoms with Gasteiger partial charge in [0.25, 0.3) is 0 Å². The van der Waals surface area contributed by atoms with Crippen LogP contribution in [0, 0.1) is 0 Å². The molecule has 2 saturated heterocycles. The summed E-state index contributed by atoms with van der Waals surface area (Å²) >= 11 is 6.30. The lowest BCUT2D eigenvalue weighted by atomic mass is 10.2. The Balaban J connectivity index is 1.40. The van der Waals surface area contributed by atoms with Gasteiger partial charge in [0.15, 0.2) is 0 Å². The molecule has 1 N–H and O–H groups in total. The third-order valence-corrected chi connectivity index (χ3v) is 8.45. The number of hydrogen-bond acceptors (Lipinski definition) is 7. The van der Waals surface area contributed by atoms with Crippen molar-refractivity contribution in [1.82, 2.24) is 19.2 Å². The monoisotopic (exact) mass is 492 g/mol. The van der Waals surface area contributed by atoms with E-state index in [2.05, 4.69) is 25.1 Å². The fraction of sp³-hybridized carbons (Fsp3) is 0.500. The standard InChI is InChI=1S/C22H29ClN6O3S/c1-17(27-12-14-28(15-13-27)22-24-8-5-9-25-22)21(30)26-20-16-18(6-7-19(20)23)33(31,32)29-10-3-2-4-11-29/h5-9,16-17H,2-4,10-15H2,1H3,(H,26,30)/t17-/m1/s1. The number of aromatic nitrogens is 2. The summed E-state index contributed by atoms with van der Waals surface area (Å²) in [5.74, 6) is 0.460. The highest BCUT2D eigenvalue weighted by atomic mass is 35.5. The summed E-state index contributed by atoms with van der Waals surface area (Å²) < 4.78 is 27.5. The fourth-order valence-electron chi connectivity index (χ4n) is 4.18. The number of nitrogens with zero attached hydrogens (tertiary/aromatic N) is 5. The number of hydrogen-bond donors (Lipinski definition) is 1. The smallest absolute Gasteiger partial charge is 0.243 e. The number of sulfonamides is 1. The molecule has 11 heteroatoms. The molecule has 4 rings (SSSR count). The van der Waals surface area contributed by atoms with E-state index < -0.39 is 16.1 Å². The van der Waals surface area contributed by atoms with E-state index in [1.165, 1.54) is 22.5 Å². The molecule has 1 atom stereocenters. The molecule has 2 aliphatic rings. The Morgan fingerprint density at radius 2 is 1.70 bits per heavy atom. The van der Waals surface area contributed by atoms with Crippen LogP contribution in [0.25, 0.3) is 0 Å². The Labute approximate surface area is 199 Å². The van der Waals surface area contributed by atoms with Gasteiger partial charge in [-0.15, -0.1) is 0 Å². The van der Waals surface area contributed by atoms with Gasteiger partial charge in [-0.25, -0.2) is 18.4 Å². The maximum absolute atomic E-state index is 13.0. The Bertz CT molecular complexity index is 1070. The number of piperidine rings is 1. The Hall–Kier alpha value is -2.27. The molecule has 0 spiro atoms. The van der Waals surface area contributed by atoms with Gasteiger partial charge < -0.3 is 10.2 Å². The number of anilines is 2. The summed E-state index contributed by atoms with van der Waals surface area (Å²) in [6, 6.07) is 5.86. The number of carbonyl (C=O) groups is 1. The van der Waals surface area contributed by atoms with E-state index in [9.17, 15) is 13.2 Å². The van der Waals surface area contributed by atoms with Crippen LogP contribution >= 0.6 is 11.6 Å². The molecule has 9 nitrogen and oxygen atoms in total. The van der Waals surface area contributed by atoms with Crippen LogP contribution in [0.5, 0.6) is 0 Å². The topological polar surface area (TPSA) is 98.7 Å². The Morgan fingerprint density at radius 3 is 2.36 bits per heavy atom. The minimum absolute atomic E-state index is 0.147. The van der Waals surface area contributed by atoms with Crippen LogP contribution in [-0.4, -0.2) is 78.8 Å². The number of piperazine rings is 1. The van der Waals surface area contributed by atoms with Gasteiger partial charge >= 0.3 is 0 Å². The van der Waals surface area contributed by atoms with E-state index in [0.29, 0.717) is 55.9 Å². The Morgan fingerprint density at radius 1 is 1.03 bits per heavy atom. The molecule has 1 aromatic carbocycles. The van der Waals surface area contributed by atoms with Crippen molar-refractivity contribution < 1.29 is 13.2 Å². The van der Waals surface area contributed by atoms with Crippen LogP contribution in [0.3, 0.4) is 0 Å². The molecule has 2 aromatic rings. The molecule has 3 heterocycles. The molecule has 2 fully saturated rings. The van der Waals surface area contributed by atoms with E-state index in [-0.39, 0.29) is 10.8 Å². The van der Waals surface area contributed by atoms with Crippen molar-refractivity contribution in [2.45, 2.75) is 37.1 Å². The molecule has 33 heavy (non-hydrogen) atoms. The molecule has 1 aromatic heterocycles. The average Bonchev–Trinajstić information content (AvgIpc) is 2.86. The zero-order chi connectivity index (χ0) is 23.4. The predicted octanol–water partition coefficient (Wildman–Crippen LogP) is 2.45. The second-order valence-corrected chi connectivity index (χ2v) is 10.7. The van der Waals surface area contributed by atoms with Crippen molar-refractivity contribution >= 4 is 39.2 Å². The third-order valence-electron chi connectivity index (χ3n) is 6.22. The molecule has 0 aliphatic carbocycles. The molecular formula is C22H29ClN6O3S. The summed E-state index contributed by atoms with van der Waals surface area (Å²) in [4.78, 5) is 25.9. The lowest BCUT2D eigenvalue weighted by Crippen LogP contribution is -2.53. The van der Waals surface area contributed by atoms with Crippen molar-refractivity contribution in [3.8, 4) is 0 Å². The second kappa shape index (κ2) is 10.3. The first kappa shape index (κ1) is 23.9. The van der Waals surface area contributed by atoms with E-state index in [4.69, 9.17) is 11.6 Å². The number of nitrogens with one attached hydrogen (secondary N) is 1. The zero-order valence-electron chi connectivity index (χ0n) is 18.7. The number of carbonyl (C=O) groups excluding carboxylic acids is 1. The van der Waals surface area contributed by atoms with Crippen molar-refractivity contribution in [2.24, 2.45) is 0 Å². The quantitative estimate of drug-likeness (QED) is 0.661. The van der Waals surface area contributed by atoms with E-state index in [1.807, 2.05) is 6.92 Å². The lowest BCUT2D eigenvalue weighted by Gasteiger charge is -2.37. The summed E-state index contributed by atoms with van der Waals surface area (Å²) in [7, 11) is -3.61. The van der Waals surface area contributed by atoms with E-state index >= 15 is 0 Å². The van der Waals surface area contributed by atoms with Gasteiger partial charge in [-0.2, -0.15) is 4.31 Å². The van der Waals surface area contributed by atoms with Gasteiger partial charge in [-0.1, -0.05) is 18.0 Å². The van der Waals surface area contributed by atoms with Gasteiger partial charge in [0.2, 0.25) is 21.9 Å². The first-order valence-corrected chi connectivity index (χ1v) is 13.0. The van der Waals surface area contributed by atoms with Gasteiger partial charge in [-0.05, 0) is 44.0 Å². The largest absolute Gasteiger partial charge is 0.338 e. The van der Waals surface area contributed by atoms with Gasteiger partial charge in [0, 0.05) is 51.7 Å². The third kappa shape index (κ3) is 5.46. The number of rotatable bonds is 6. The minimum Gasteiger partial charge on any atom is -0.338 e. The van der Waals surface area contributed by atoms with Gasteiger partial charge in [0.1, 0.15) is 0 Å². The van der Waals surface area contributed by atoms with Crippen LogP contribution in [0.2, 0.25) is 5.02 Å². The van der Waals surface area contributed by atoms with Crippen LogP contribution in [0.1, 0.15) is 26.2 Å². The van der Waals surface area contributed by atoms with E-state index in [0.717, 1.165) is 19.3 Å². The molecular weight excluding hydrogens is 464 g/mol. The van der Waals surface area contributed by atoms with Crippen molar-refractivity contribution in [3.05, 3.63) is 41.7 Å². The molecule has 0 radical (unpaired) electrons. The SMILES string of the molecule is C[C@H](C(=O)Nc1cc(S(=O)(=O)N2CCCCC2)ccc1Cl)N1CCN(c2ncccn2)CC1. The number of amides is 1. The van der Waals surface area contributed by atoms with Crippen molar-refractivity contribution in [2.75, 3.05) is 49.5 Å². The second-order valence-electron chi connectivity index (χ2n) is 8.34. The van der Waals surface area contributed by atoms with Crippen LogP contribution in [0.15, 0.2) is 41.6 Å². The highest BCUT2D eigenvalue weighted by Crippen LogP contribution is 2.28. The Kier molecular flexibility index (Phi) is 7.48. The average molecular weight is 493 g/mol. The van der Waals surface area contributed by atoms with E-state index in [1.54, 1.807) is 18.5 Å². The maximum Gasteiger partial charge on any atom is 0.243 e. The fourth-order valence-corrected chi connectivity index (χ4v) is 5.89. The van der Waals surface area contributed by atoms with Crippen LogP contribution < -0.4 is 10.2 Å². The molecule has 1 amide bonds. The first-order valence-electron chi connectivity index (χ1n) is 11.2. The van der Waals surface area contributed by atoms with Gasteiger partial charge in [-0.3, -0.25) is 9.69 Å². The normalized spacial score (nSPS) is 19.3. The first-order chi connectivity index (χ1) is 15.9. The molecule has 178 valence electrons. The molecule has 0 unspecified atom stereocenters. The van der Waals surface area contributed by atoms with Crippen molar-refractivity contribution in [3.63, 3.8) is 0 Å². The number of benzene rings is 1. The summed E-state index contributed by atoms with van der Waals surface area (Å²) in [5.41, 5.74) is 0.308. The minimum atomic E-state index is -3.61.